The second kappa shape index (κ2) is 6.83. The highest BCUT2D eigenvalue weighted by molar-refractivity contribution is 9.10. The van der Waals surface area contributed by atoms with Crippen LogP contribution in [0.25, 0.3) is 0 Å². The number of rotatable bonds is 5. The second-order valence-electron chi connectivity index (χ2n) is 4.99. The molecule has 0 aliphatic rings. The van der Waals surface area contributed by atoms with Gasteiger partial charge < -0.3 is 5.32 Å². The number of nitrogens with one attached hydrogen (secondary N) is 1. The molecule has 1 atom stereocenters. The Labute approximate surface area is 132 Å². The Balaban J connectivity index is 2.44. The first kappa shape index (κ1) is 15.7. The van der Waals surface area contributed by atoms with Crippen LogP contribution in [0, 0.1) is 19.7 Å². The van der Waals surface area contributed by atoms with E-state index in [4.69, 9.17) is 0 Å². The molecule has 20 heavy (non-hydrogen) atoms. The summed E-state index contributed by atoms with van der Waals surface area (Å²) in [4.78, 5) is 1.24. The van der Waals surface area contributed by atoms with Gasteiger partial charge in [0, 0.05) is 9.35 Å². The van der Waals surface area contributed by atoms with E-state index in [1.54, 1.807) is 11.3 Å². The van der Waals surface area contributed by atoms with Gasteiger partial charge in [0.1, 0.15) is 5.82 Å². The maximum absolute atomic E-state index is 13.8. The van der Waals surface area contributed by atoms with Gasteiger partial charge in [-0.1, -0.05) is 19.1 Å². The lowest BCUT2D eigenvalue weighted by Gasteiger charge is -2.20. The van der Waals surface area contributed by atoms with Crippen molar-refractivity contribution in [3.8, 4) is 0 Å². The van der Waals surface area contributed by atoms with E-state index < -0.39 is 0 Å². The van der Waals surface area contributed by atoms with Crippen molar-refractivity contribution >= 4 is 27.3 Å². The monoisotopic (exact) mass is 355 g/mol. The van der Waals surface area contributed by atoms with Gasteiger partial charge in [0.05, 0.1) is 6.04 Å². The smallest absolute Gasteiger partial charge is 0.129 e. The zero-order valence-electron chi connectivity index (χ0n) is 12.0. The van der Waals surface area contributed by atoms with Crippen molar-refractivity contribution < 1.29 is 4.39 Å². The number of aryl methyl sites for hydroxylation is 2. The molecule has 1 aromatic carbocycles. The lowest BCUT2D eigenvalue weighted by atomic mass is 9.99. The number of benzene rings is 1. The molecule has 0 saturated heterocycles. The molecule has 0 amide bonds. The third-order valence-electron chi connectivity index (χ3n) is 3.30. The Morgan fingerprint density at radius 2 is 1.95 bits per heavy atom. The third kappa shape index (κ3) is 3.30. The van der Waals surface area contributed by atoms with Gasteiger partial charge in [0.2, 0.25) is 0 Å². The van der Waals surface area contributed by atoms with E-state index >= 15 is 0 Å². The van der Waals surface area contributed by atoms with Crippen LogP contribution < -0.4 is 5.32 Å². The van der Waals surface area contributed by atoms with Gasteiger partial charge in [-0.05, 0) is 70.9 Å². The maximum atomic E-state index is 13.8. The third-order valence-corrected chi connectivity index (χ3v) is 5.23. The van der Waals surface area contributed by atoms with Crippen LogP contribution >= 0.6 is 27.3 Å². The molecule has 2 aromatic rings. The molecule has 0 spiro atoms. The minimum absolute atomic E-state index is 0.103. The molecule has 0 radical (unpaired) electrons. The topological polar surface area (TPSA) is 12.0 Å². The summed E-state index contributed by atoms with van der Waals surface area (Å²) in [5.41, 5.74) is 2.53. The SMILES string of the molecule is CCCNC(c1cc(C)c(F)c(C)c1)c1sccc1Br. The molecule has 0 fully saturated rings. The Bertz CT molecular complexity index is 571. The Kier molecular flexibility index (Phi) is 5.35. The fraction of sp³-hybridized carbons (Fsp3) is 0.375. The first-order chi connectivity index (χ1) is 9.54. The van der Waals surface area contributed by atoms with Gasteiger partial charge >= 0.3 is 0 Å². The normalized spacial score (nSPS) is 12.7. The number of hydrogen-bond acceptors (Lipinski definition) is 2. The first-order valence-corrected chi connectivity index (χ1v) is 8.44. The van der Waals surface area contributed by atoms with Crippen LogP contribution in [0.1, 0.15) is 41.0 Å². The molecule has 1 unspecified atom stereocenters. The van der Waals surface area contributed by atoms with E-state index in [1.807, 2.05) is 26.0 Å². The van der Waals surface area contributed by atoms with Crippen LogP contribution in [0.15, 0.2) is 28.1 Å². The van der Waals surface area contributed by atoms with Crippen LogP contribution in [-0.2, 0) is 0 Å². The fourth-order valence-corrected chi connectivity index (χ4v) is 4.01. The van der Waals surface area contributed by atoms with Crippen molar-refractivity contribution in [1.29, 1.82) is 0 Å². The van der Waals surface area contributed by atoms with Gasteiger partial charge in [-0.15, -0.1) is 11.3 Å². The van der Waals surface area contributed by atoms with Crippen molar-refractivity contribution in [2.24, 2.45) is 0 Å². The molecule has 1 aromatic heterocycles. The van der Waals surface area contributed by atoms with E-state index in [0.29, 0.717) is 11.1 Å². The van der Waals surface area contributed by atoms with Crippen molar-refractivity contribution in [2.45, 2.75) is 33.2 Å². The molecule has 0 aliphatic heterocycles. The molecule has 0 saturated carbocycles. The minimum Gasteiger partial charge on any atom is -0.306 e. The second-order valence-corrected chi connectivity index (χ2v) is 6.79. The Hall–Kier alpha value is -0.710. The summed E-state index contributed by atoms with van der Waals surface area (Å²) in [6.07, 6.45) is 1.07. The van der Waals surface area contributed by atoms with Crippen molar-refractivity contribution in [2.75, 3.05) is 6.54 Å². The molecular formula is C16H19BrFNS. The number of hydrogen-bond donors (Lipinski definition) is 1. The average Bonchev–Trinajstić information content (AvgIpc) is 2.83. The van der Waals surface area contributed by atoms with Gasteiger partial charge in [-0.2, -0.15) is 0 Å². The predicted octanol–water partition coefficient (Wildman–Crippen LogP) is 5.36. The zero-order valence-corrected chi connectivity index (χ0v) is 14.4. The predicted molar refractivity (Wildman–Crippen MR) is 88.0 cm³/mol. The summed E-state index contributed by atoms with van der Waals surface area (Å²) in [5.74, 6) is -0.103. The summed E-state index contributed by atoms with van der Waals surface area (Å²) < 4.78 is 14.9. The van der Waals surface area contributed by atoms with E-state index in [9.17, 15) is 4.39 Å². The fourth-order valence-electron chi connectivity index (χ4n) is 2.31. The Morgan fingerprint density at radius 3 is 2.45 bits per heavy atom. The Morgan fingerprint density at radius 1 is 1.30 bits per heavy atom. The average molecular weight is 356 g/mol. The van der Waals surface area contributed by atoms with Gasteiger partial charge in [-0.25, -0.2) is 4.39 Å². The van der Waals surface area contributed by atoms with Gasteiger partial charge in [0.15, 0.2) is 0 Å². The van der Waals surface area contributed by atoms with Crippen LogP contribution in [-0.4, -0.2) is 6.54 Å². The number of halogens is 2. The summed E-state index contributed by atoms with van der Waals surface area (Å²) >= 11 is 5.32. The minimum atomic E-state index is -0.103. The zero-order chi connectivity index (χ0) is 14.7. The molecule has 108 valence electrons. The number of thiophene rings is 1. The van der Waals surface area contributed by atoms with Crippen molar-refractivity contribution in [3.05, 3.63) is 55.4 Å². The van der Waals surface area contributed by atoms with E-state index in [-0.39, 0.29) is 11.9 Å². The summed E-state index contributed by atoms with van der Waals surface area (Å²) in [6.45, 7) is 6.73. The first-order valence-electron chi connectivity index (χ1n) is 6.77. The van der Waals surface area contributed by atoms with Crippen LogP contribution in [0.5, 0.6) is 0 Å². The van der Waals surface area contributed by atoms with Crippen LogP contribution in [0.4, 0.5) is 4.39 Å². The molecule has 4 heteroatoms. The highest BCUT2D eigenvalue weighted by atomic mass is 79.9. The van der Waals surface area contributed by atoms with E-state index in [0.717, 1.165) is 23.0 Å². The molecule has 2 rings (SSSR count). The molecule has 1 heterocycles. The van der Waals surface area contributed by atoms with Gasteiger partial charge in [-0.3, -0.25) is 0 Å². The summed E-state index contributed by atoms with van der Waals surface area (Å²) in [6, 6.07) is 6.07. The largest absolute Gasteiger partial charge is 0.306 e. The van der Waals surface area contributed by atoms with Crippen molar-refractivity contribution in [3.63, 3.8) is 0 Å². The van der Waals surface area contributed by atoms with E-state index in [1.165, 1.54) is 4.88 Å². The van der Waals surface area contributed by atoms with Crippen LogP contribution in [0.2, 0.25) is 0 Å². The highest BCUT2D eigenvalue weighted by Gasteiger charge is 2.19. The highest BCUT2D eigenvalue weighted by Crippen LogP contribution is 2.34. The van der Waals surface area contributed by atoms with Gasteiger partial charge in [0.25, 0.3) is 0 Å². The summed E-state index contributed by atoms with van der Waals surface area (Å²) in [7, 11) is 0. The van der Waals surface area contributed by atoms with Crippen LogP contribution in [0.3, 0.4) is 0 Å². The molecule has 1 N–H and O–H groups in total. The van der Waals surface area contributed by atoms with Crippen molar-refractivity contribution in [1.82, 2.24) is 5.32 Å². The standard InChI is InChI=1S/C16H19BrFNS/c1-4-6-19-15(16-13(17)5-7-20-16)12-8-10(2)14(18)11(3)9-12/h5,7-9,15,19H,4,6H2,1-3H3. The lowest BCUT2D eigenvalue weighted by molar-refractivity contribution is 0.589. The summed E-state index contributed by atoms with van der Waals surface area (Å²) in [5, 5.41) is 5.63. The maximum Gasteiger partial charge on any atom is 0.129 e. The molecule has 0 bridgehead atoms. The molecule has 0 aliphatic carbocycles. The molecule has 1 nitrogen and oxygen atoms in total. The lowest BCUT2D eigenvalue weighted by Crippen LogP contribution is -2.23. The quantitative estimate of drug-likeness (QED) is 0.761. The molecular weight excluding hydrogens is 337 g/mol. The van der Waals surface area contributed by atoms with E-state index in [2.05, 4.69) is 39.6 Å².